The monoisotopic (exact) mass is 243 g/mol. The predicted molar refractivity (Wildman–Crippen MR) is 72.2 cm³/mol. The summed E-state index contributed by atoms with van der Waals surface area (Å²) in [5.74, 6) is 1.89. The largest absolute Gasteiger partial charge is 0.455 e. The summed E-state index contributed by atoms with van der Waals surface area (Å²) in [6, 6.07) is 12.0. The Balaban J connectivity index is 2.29. The summed E-state index contributed by atoms with van der Waals surface area (Å²) < 4.78 is 5.63. The third kappa shape index (κ3) is 2.45. The van der Waals surface area contributed by atoms with E-state index in [0.29, 0.717) is 17.4 Å². The molecule has 1 aromatic carbocycles. The Hall–Kier alpha value is -2.03. The Labute approximate surface area is 107 Å². The normalized spacial score (nSPS) is 12.1. The van der Waals surface area contributed by atoms with E-state index in [1.54, 1.807) is 13.0 Å². The second-order valence-electron chi connectivity index (χ2n) is 4.63. The van der Waals surface area contributed by atoms with Crippen molar-refractivity contribution >= 4 is 5.71 Å². The molecule has 3 heteroatoms. The SMILES string of the molecule is C/C(=N\O)c1ccc(-c2ccc(C(C)C)cc2)o1. The molecule has 0 aliphatic carbocycles. The molecule has 0 unspecified atom stereocenters. The summed E-state index contributed by atoms with van der Waals surface area (Å²) in [6.07, 6.45) is 0. The first-order valence-corrected chi connectivity index (χ1v) is 6.01. The van der Waals surface area contributed by atoms with Crippen LogP contribution in [0.5, 0.6) is 0 Å². The topological polar surface area (TPSA) is 45.7 Å². The van der Waals surface area contributed by atoms with Crippen LogP contribution in [-0.2, 0) is 0 Å². The molecule has 1 N–H and O–H groups in total. The Morgan fingerprint density at radius 1 is 1.11 bits per heavy atom. The van der Waals surface area contributed by atoms with Crippen LogP contribution in [0.15, 0.2) is 46.0 Å². The maximum Gasteiger partial charge on any atom is 0.152 e. The van der Waals surface area contributed by atoms with Crippen molar-refractivity contribution in [1.82, 2.24) is 0 Å². The quantitative estimate of drug-likeness (QED) is 0.497. The van der Waals surface area contributed by atoms with Crippen molar-refractivity contribution in [2.24, 2.45) is 5.16 Å². The number of hydrogen-bond donors (Lipinski definition) is 1. The van der Waals surface area contributed by atoms with Gasteiger partial charge in [-0.3, -0.25) is 0 Å². The van der Waals surface area contributed by atoms with Crippen LogP contribution in [0.1, 0.15) is 38.0 Å². The van der Waals surface area contributed by atoms with Crippen LogP contribution < -0.4 is 0 Å². The number of furan rings is 1. The lowest BCUT2D eigenvalue weighted by atomic mass is 10.0. The fourth-order valence-corrected chi connectivity index (χ4v) is 1.77. The molecule has 0 atom stereocenters. The highest BCUT2D eigenvalue weighted by Gasteiger charge is 2.07. The molecule has 94 valence electrons. The van der Waals surface area contributed by atoms with Gasteiger partial charge >= 0.3 is 0 Å². The lowest BCUT2D eigenvalue weighted by molar-refractivity contribution is 0.317. The minimum atomic E-state index is 0.472. The van der Waals surface area contributed by atoms with E-state index in [2.05, 4.69) is 31.1 Å². The van der Waals surface area contributed by atoms with Gasteiger partial charge in [0.15, 0.2) is 5.76 Å². The smallest absolute Gasteiger partial charge is 0.152 e. The van der Waals surface area contributed by atoms with Gasteiger partial charge in [0.1, 0.15) is 11.5 Å². The zero-order valence-electron chi connectivity index (χ0n) is 10.8. The summed E-state index contributed by atoms with van der Waals surface area (Å²) in [6.45, 7) is 6.03. The van der Waals surface area contributed by atoms with Gasteiger partial charge in [-0.25, -0.2) is 0 Å². The number of hydrogen-bond acceptors (Lipinski definition) is 3. The molecule has 2 rings (SSSR count). The van der Waals surface area contributed by atoms with Gasteiger partial charge in [-0.15, -0.1) is 0 Å². The Morgan fingerprint density at radius 3 is 2.33 bits per heavy atom. The predicted octanol–water partition coefficient (Wildman–Crippen LogP) is 4.27. The van der Waals surface area contributed by atoms with Crippen molar-refractivity contribution in [2.75, 3.05) is 0 Å². The van der Waals surface area contributed by atoms with Gasteiger partial charge in [-0.2, -0.15) is 0 Å². The van der Waals surface area contributed by atoms with Gasteiger partial charge in [0.2, 0.25) is 0 Å². The van der Waals surface area contributed by atoms with Crippen LogP contribution >= 0.6 is 0 Å². The first-order valence-electron chi connectivity index (χ1n) is 6.01. The Kier molecular flexibility index (Phi) is 3.51. The first kappa shape index (κ1) is 12.4. The second kappa shape index (κ2) is 5.08. The molecule has 0 amide bonds. The van der Waals surface area contributed by atoms with Crippen molar-refractivity contribution in [3.63, 3.8) is 0 Å². The van der Waals surface area contributed by atoms with Crippen molar-refractivity contribution in [1.29, 1.82) is 0 Å². The zero-order chi connectivity index (χ0) is 13.1. The Morgan fingerprint density at radius 2 is 1.78 bits per heavy atom. The highest BCUT2D eigenvalue weighted by atomic mass is 16.4. The highest BCUT2D eigenvalue weighted by Crippen LogP contribution is 2.24. The van der Waals surface area contributed by atoms with Crippen LogP contribution in [0.2, 0.25) is 0 Å². The number of nitrogens with zero attached hydrogens (tertiary/aromatic N) is 1. The molecule has 0 fully saturated rings. The van der Waals surface area contributed by atoms with Gasteiger partial charge in [0, 0.05) is 5.56 Å². The van der Waals surface area contributed by atoms with Crippen LogP contribution in [0.3, 0.4) is 0 Å². The van der Waals surface area contributed by atoms with E-state index in [1.807, 2.05) is 18.2 Å². The summed E-state index contributed by atoms with van der Waals surface area (Å²) in [7, 11) is 0. The fourth-order valence-electron chi connectivity index (χ4n) is 1.77. The van der Waals surface area contributed by atoms with E-state index >= 15 is 0 Å². The first-order chi connectivity index (χ1) is 8.61. The number of benzene rings is 1. The van der Waals surface area contributed by atoms with Gasteiger partial charge < -0.3 is 9.62 Å². The van der Waals surface area contributed by atoms with E-state index < -0.39 is 0 Å². The standard InChI is InChI=1S/C15H17NO2/c1-10(2)12-4-6-13(7-5-12)15-9-8-14(18-15)11(3)16-17/h4-10,17H,1-3H3/b16-11+. The van der Waals surface area contributed by atoms with Crippen LogP contribution in [-0.4, -0.2) is 10.9 Å². The summed E-state index contributed by atoms with van der Waals surface area (Å²) in [5, 5.41) is 11.8. The summed E-state index contributed by atoms with van der Waals surface area (Å²) in [5.41, 5.74) is 2.80. The van der Waals surface area contributed by atoms with Crippen molar-refractivity contribution in [3.8, 4) is 11.3 Å². The maximum absolute atomic E-state index is 8.69. The molecule has 0 bridgehead atoms. The molecular formula is C15H17NO2. The highest BCUT2D eigenvalue weighted by molar-refractivity contribution is 5.96. The number of oxime groups is 1. The molecule has 2 aromatic rings. The lowest BCUT2D eigenvalue weighted by Gasteiger charge is -2.05. The summed E-state index contributed by atoms with van der Waals surface area (Å²) in [4.78, 5) is 0. The number of rotatable bonds is 3. The molecule has 0 aliphatic rings. The minimum Gasteiger partial charge on any atom is -0.455 e. The molecular weight excluding hydrogens is 226 g/mol. The molecule has 1 heterocycles. The lowest BCUT2D eigenvalue weighted by Crippen LogP contribution is -1.90. The van der Waals surface area contributed by atoms with Gasteiger partial charge in [-0.05, 0) is 30.5 Å². The maximum atomic E-state index is 8.69. The molecule has 18 heavy (non-hydrogen) atoms. The van der Waals surface area contributed by atoms with E-state index in [9.17, 15) is 0 Å². The Bertz CT molecular complexity index is 550. The van der Waals surface area contributed by atoms with Crippen LogP contribution in [0.25, 0.3) is 11.3 Å². The van der Waals surface area contributed by atoms with Crippen molar-refractivity contribution in [2.45, 2.75) is 26.7 Å². The third-order valence-corrected chi connectivity index (χ3v) is 2.97. The molecule has 0 saturated heterocycles. The second-order valence-corrected chi connectivity index (χ2v) is 4.63. The van der Waals surface area contributed by atoms with Gasteiger partial charge in [0.05, 0.1) is 0 Å². The average molecular weight is 243 g/mol. The van der Waals surface area contributed by atoms with Crippen molar-refractivity contribution in [3.05, 3.63) is 47.7 Å². The summed E-state index contributed by atoms with van der Waals surface area (Å²) >= 11 is 0. The molecule has 0 saturated carbocycles. The fraction of sp³-hybridized carbons (Fsp3) is 0.267. The minimum absolute atomic E-state index is 0.472. The molecule has 0 spiro atoms. The van der Waals surface area contributed by atoms with E-state index in [4.69, 9.17) is 9.62 Å². The van der Waals surface area contributed by atoms with Gasteiger partial charge in [0.25, 0.3) is 0 Å². The van der Waals surface area contributed by atoms with Crippen LogP contribution in [0, 0.1) is 0 Å². The van der Waals surface area contributed by atoms with Crippen LogP contribution in [0.4, 0.5) is 0 Å². The van der Waals surface area contributed by atoms with E-state index in [0.717, 1.165) is 11.3 Å². The van der Waals surface area contributed by atoms with Crippen molar-refractivity contribution < 1.29 is 9.62 Å². The zero-order valence-corrected chi connectivity index (χ0v) is 10.8. The molecule has 0 radical (unpaired) electrons. The molecule has 1 aromatic heterocycles. The molecule has 3 nitrogen and oxygen atoms in total. The van der Waals surface area contributed by atoms with E-state index in [-0.39, 0.29) is 0 Å². The average Bonchev–Trinajstić information content (AvgIpc) is 2.87. The third-order valence-electron chi connectivity index (χ3n) is 2.97. The van der Waals surface area contributed by atoms with Gasteiger partial charge in [-0.1, -0.05) is 43.3 Å². The molecule has 0 aliphatic heterocycles. The van der Waals surface area contributed by atoms with E-state index in [1.165, 1.54) is 5.56 Å².